The molecular formula is C38H42BrF2N5O4S2. The van der Waals surface area contributed by atoms with Gasteiger partial charge >= 0.3 is 5.97 Å². The van der Waals surface area contributed by atoms with Crippen LogP contribution in [0.15, 0.2) is 81.1 Å². The number of sulfone groups is 1. The summed E-state index contributed by atoms with van der Waals surface area (Å²) in [4.78, 5) is 25.3. The van der Waals surface area contributed by atoms with E-state index in [9.17, 15) is 17.6 Å². The summed E-state index contributed by atoms with van der Waals surface area (Å²) in [6.07, 6.45) is 5.51. The van der Waals surface area contributed by atoms with Crippen LogP contribution in [0, 0.1) is 23.0 Å². The Morgan fingerprint density at radius 2 is 1.90 bits per heavy atom. The molecule has 2 aromatic carbocycles. The van der Waals surface area contributed by atoms with Gasteiger partial charge in [-0.2, -0.15) is 5.10 Å². The second kappa shape index (κ2) is 15.6. The first-order valence-corrected chi connectivity index (χ1v) is 20.0. The van der Waals surface area contributed by atoms with E-state index in [2.05, 4.69) is 45.5 Å². The molecule has 0 saturated heterocycles. The van der Waals surface area contributed by atoms with Crippen LogP contribution in [0.4, 0.5) is 8.78 Å². The van der Waals surface area contributed by atoms with Crippen molar-refractivity contribution in [3.63, 3.8) is 0 Å². The van der Waals surface area contributed by atoms with Gasteiger partial charge in [0.25, 0.3) is 0 Å². The zero-order valence-electron chi connectivity index (χ0n) is 30.0. The summed E-state index contributed by atoms with van der Waals surface area (Å²) in [6, 6.07) is 13.2. The molecule has 0 aliphatic heterocycles. The molecule has 5 rings (SSSR count). The van der Waals surface area contributed by atoms with Crippen LogP contribution in [0.1, 0.15) is 63.9 Å². The molecule has 1 N–H and O–H groups in total. The number of fused-ring (bicyclic) bond motifs is 1. The molecular weight excluding hydrogens is 772 g/mol. The van der Waals surface area contributed by atoms with Crippen LogP contribution in [-0.2, 0) is 38.3 Å². The Kier molecular flexibility index (Phi) is 11.8. The van der Waals surface area contributed by atoms with Gasteiger partial charge in [-0.05, 0) is 76.9 Å². The summed E-state index contributed by atoms with van der Waals surface area (Å²) < 4.78 is 61.9. The number of pyridine rings is 1. The van der Waals surface area contributed by atoms with Crippen LogP contribution in [0.5, 0.6) is 0 Å². The van der Waals surface area contributed by atoms with E-state index in [4.69, 9.17) is 14.8 Å². The van der Waals surface area contributed by atoms with Gasteiger partial charge in [0.1, 0.15) is 5.69 Å². The molecule has 0 radical (unpaired) electrons. The SMILES string of the molecule is C=CS(=O)(=O)CC(C)(C)CCC[C@](C)(c1cccc(C[C@@H](C)C(=O)OC)c1)c1nc(-c2cc(Sc3c(F)c(F)c4[nH]ccc4c3Br)ccn2)n(C)n1. The Morgan fingerprint density at radius 1 is 1.15 bits per heavy atom. The highest BCUT2D eigenvalue weighted by atomic mass is 79.9. The third kappa shape index (κ3) is 8.50. The molecule has 52 heavy (non-hydrogen) atoms. The van der Waals surface area contributed by atoms with Crippen LogP contribution < -0.4 is 0 Å². The van der Waals surface area contributed by atoms with Gasteiger partial charge < -0.3 is 9.72 Å². The average molecular weight is 815 g/mol. The van der Waals surface area contributed by atoms with Gasteiger partial charge in [0.15, 0.2) is 33.1 Å². The van der Waals surface area contributed by atoms with Crippen molar-refractivity contribution in [1.29, 1.82) is 0 Å². The van der Waals surface area contributed by atoms with Gasteiger partial charge in [0.2, 0.25) is 0 Å². The Balaban J connectivity index is 1.50. The fraction of sp³-hybridized carbons (Fsp3) is 0.368. The molecule has 0 spiro atoms. The summed E-state index contributed by atoms with van der Waals surface area (Å²) in [5, 5.41) is 6.43. The van der Waals surface area contributed by atoms with Gasteiger partial charge in [-0.15, -0.1) is 0 Å². The molecule has 0 aliphatic rings. The molecule has 14 heteroatoms. The third-order valence-corrected chi connectivity index (χ3v) is 13.2. The number of carbonyl (C=O) groups excluding carboxylic acids is 1. The minimum Gasteiger partial charge on any atom is -0.469 e. The van der Waals surface area contributed by atoms with Crippen LogP contribution in [0.3, 0.4) is 0 Å². The first-order valence-electron chi connectivity index (χ1n) is 16.7. The minimum atomic E-state index is -3.40. The third-order valence-electron chi connectivity index (χ3n) is 9.32. The number of ether oxygens (including phenoxy) is 1. The highest BCUT2D eigenvalue weighted by Gasteiger charge is 2.36. The molecule has 9 nitrogen and oxygen atoms in total. The van der Waals surface area contributed by atoms with E-state index >= 15 is 4.39 Å². The maximum absolute atomic E-state index is 15.2. The van der Waals surface area contributed by atoms with E-state index in [1.165, 1.54) is 7.11 Å². The van der Waals surface area contributed by atoms with Gasteiger partial charge in [0.05, 0.1) is 34.6 Å². The smallest absolute Gasteiger partial charge is 0.308 e. The number of benzene rings is 2. The lowest BCUT2D eigenvalue weighted by Gasteiger charge is -2.30. The topological polar surface area (TPSA) is 120 Å². The molecule has 0 bridgehead atoms. The standard InChI is InChI=1S/C38H42BrF2N5O4S2/c1-8-52(48,49)22-37(3,4)15-10-16-38(5,25-12-9-11-24(20-25)19-23(2)35(47)50-7)36-44-34(46(6)45-36)28-21-26(13-17-42-28)51-33-29(39)27-14-18-43-32(27)30(40)31(33)41/h8-9,11-14,17-18,20-21,23,43H,1,10,15-16,19,22H2,2-7H3/t23-,38-/m1/s1. The number of nitrogens with one attached hydrogen (secondary N) is 1. The molecule has 0 unspecified atom stereocenters. The van der Waals surface area contributed by atoms with E-state index in [1.54, 1.807) is 42.3 Å². The van der Waals surface area contributed by atoms with E-state index in [1.807, 2.05) is 39.0 Å². The van der Waals surface area contributed by atoms with Gasteiger partial charge in [-0.25, -0.2) is 26.9 Å². The molecule has 0 amide bonds. The lowest BCUT2D eigenvalue weighted by Crippen LogP contribution is -2.28. The molecule has 3 aromatic heterocycles. The number of aromatic nitrogens is 5. The first-order chi connectivity index (χ1) is 24.5. The van der Waals surface area contributed by atoms with Crippen molar-refractivity contribution >= 4 is 54.4 Å². The van der Waals surface area contributed by atoms with Crippen molar-refractivity contribution in [2.45, 2.75) is 68.6 Å². The van der Waals surface area contributed by atoms with Gasteiger partial charge in [-0.3, -0.25) is 9.78 Å². The van der Waals surface area contributed by atoms with Crippen molar-refractivity contribution < 1.29 is 26.7 Å². The highest BCUT2D eigenvalue weighted by Crippen LogP contribution is 2.42. The van der Waals surface area contributed by atoms with Crippen molar-refractivity contribution in [2.24, 2.45) is 18.4 Å². The monoisotopic (exact) mass is 813 g/mol. The number of hydrogen-bond acceptors (Lipinski definition) is 8. The van der Waals surface area contributed by atoms with Crippen molar-refractivity contribution in [1.82, 2.24) is 24.7 Å². The van der Waals surface area contributed by atoms with E-state index in [0.29, 0.717) is 57.8 Å². The normalized spacial score (nSPS) is 13.9. The summed E-state index contributed by atoms with van der Waals surface area (Å²) >= 11 is 4.53. The molecule has 0 aliphatic carbocycles. The highest BCUT2D eigenvalue weighted by molar-refractivity contribution is 9.10. The quantitative estimate of drug-likeness (QED) is 0.0822. The molecule has 3 heterocycles. The number of halogens is 3. The van der Waals surface area contributed by atoms with Gasteiger partial charge in [-0.1, -0.05) is 69.8 Å². The zero-order chi connectivity index (χ0) is 38.0. The lowest BCUT2D eigenvalue weighted by atomic mass is 9.75. The number of carbonyl (C=O) groups is 1. The second-order valence-electron chi connectivity index (χ2n) is 14.1. The Hall–Kier alpha value is -3.88. The fourth-order valence-corrected chi connectivity index (χ4v) is 9.48. The molecule has 2 atom stereocenters. The Labute approximate surface area is 315 Å². The second-order valence-corrected chi connectivity index (χ2v) is 17.9. The number of nitrogens with zero attached hydrogens (tertiary/aromatic N) is 4. The maximum Gasteiger partial charge on any atom is 0.308 e. The van der Waals surface area contributed by atoms with E-state index in [0.717, 1.165) is 28.3 Å². The molecule has 5 aromatic rings. The molecule has 276 valence electrons. The largest absolute Gasteiger partial charge is 0.469 e. The van der Waals surface area contributed by atoms with Crippen molar-refractivity contribution in [3.05, 3.63) is 99.9 Å². The van der Waals surface area contributed by atoms with Crippen LogP contribution >= 0.6 is 27.7 Å². The number of esters is 1. The molecule has 0 saturated carbocycles. The Morgan fingerprint density at radius 3 is 2.62 bits per heavy atom. The first kappa shape index (κ1) is 39.3. The number of methoxy groups -OCH3 is 1. The number of aryl methyl sites for hydroxylation is 1. The summed E-state index contributed by atoms with van der Waals surface area (Å²) in [5.74, 6) is -1.55. The van der Waals surface area contributed by atoms with E-state index in [-0.39, 0.29) is 28.1 Å². The predicted molar refractivity (Wildman–Crippen MR) is 204 cm³/mol. The minimum absolute atomic E-state index is 0.0146. The molecule has 0 fully saturated rings. The number of hydrogen-bond donors (Lipinski definition) is 1. The summed E-state index contributed by atoms with van der Waals surface area (Å²) in [7, 11) is -0.248. The number of aromatic amines is 1. The summed E-state index contributed by atoms with van der Waals surface area (Å²) in [5.41, 5.74) is 1.25. The van der Waals surface area contributed by atoms with Crippen molar-refractivity contribution in [3.8, 4) is 11.5 Å². The van der Waals surface area contributed by atoms with Crippen LogP contribution in [0.25, 0.3) is 22.4 Å². The lowest BCUT2D eigenvalue weighted by molar-refractivity contribution is -0.144. The average Bonchev–Trinajstić information content (AvgIpc) is 3.76. The fourth-order valence-electron chi connectivity index (χ4n) is 6.47. The van der Waals surface area contributed by atoms with E-state index < -0.39 is 32.3 Å². The summed E-state index contributed by atoms with van der Waals surface area (Å²) in [6.45, 7) is 11.2. The maximum atomic E-state index is 15.2. The van der Waals surface area contributed by atoms with Gasteiger partial charge in [0, 0.05) is 39.6 Å². The van der Waals surface area contributed by atoms with Crippen molar-refractivity contribution in [2.75, 3.05) is 12.9 Å². The predicted octanol–water partition coefficient (Wildman–Crippen LogP) is 8.96. The Bertz CT molecular complexity index is 2240. The number of H-pyrrole nitrogens is 1. The zero-order valence-corrected chi connectivity index (χ0v) is 33.2. The van der Waals surface area contributed by atoms with Crippen LogP contribution in [0.2, 0.25) is 0 Å². The number of rotatable bonds is 15. The van der Waals surface area contributed by atoms with Crippen LogP contribution in [-0.4, -0.2) is 52.0 Å².